The van der Waals surface area contributed by atoms with E-state index in [1.165, 1.54) is 18.2 Å². The van der Waals surface area contributed by atoms with Crippen molar-refractivity contribution in [3.63, 3.8) is 0 Å². The lowest BCUT2D eigenvalue weighted by Gasteiger charge is -2.22. The Morgan fingerprint density at radius 2 is 2.17 bits per heavy atom. The van der Waals surface area contributed by atoms with Gasteiger partial charge in [-0.1, -0.05) is 0 Å². The van der Waals surface area contributed by atoms with Crippen molar-refractivity contribution in [3.8, 4) is 0 Å². The molecular weight excluding hydrogens is 339 g/mol. The Kier molecular flexibility index (Phi) is 5.12. The second-order valence-electron chi connectivity index (χ2n) is 4.77. The number of aromatic nitrogens is 1. The molecule has 1 saturated heterocycles. The monoisotopic (exact) mass is 351 g/mol. The van der Waals surface area contributed by atoms with Crippen LogP contribution in [0.2, 0.25) is 0 Å². The van der Waals surface area contributed by atoms with Crippen LogP contribution in [-0.4, -0.2) is 36.7 Å². The fourth-order valence-electron chi connectivity index (χ4n) is 2.09. The molecule has 0 spiro atoms. The number of rotatable bonds is 2. The number of halogens is 4. The minimum atomic E-state index is -4.65. The molecule has 126 valence electrons. The Hall–Kier alpha value is -1.84. The zero-order valence-electron chi connectivity index (χ0n) is 11.6. The van der Waals surface area contributed by atoms with Gasteiger partial charge < -0.3 is 19.8 Å². The van der Waals surface area contributed by atoms with E-state index in [1.54, 1.807) is 0 Å². The number of carbonyl (C=O) groups excluding carboxylic acids is 1. The zero-order chi connectivity index (χ0) is 15.7. The number of anilines is 1. The van der Waals surface area contributed by atoms with E-state index >= 15 is 0 Å². The van der Waals surface area contributed by atoms with Gasteiger partial charge in [0.2, 0.25) is 5.91 Å². The summed E-state index contributed by atoms with van der Waals surface area (Å²) in [5.41, 5.74) is 0.370. The SMILES string of the molecule is Cl.O=C(Nc1ccc2oc(C(F)(F)F)nc2c1)C1COCCN1. The highest BCUT2D eigenvalue weighted by molar-refractivity contribution is 5.96. The van der Waals surface area contributed by atoms with Crippen LogP contribution in [0.1, 0.15) is 5.89 Å². The number of hydrogen-bond acceptors (Lipinski definition) is 5. The summed E-state index contributed by atoms with van der Waals surface area (Å²) in [6, 6.07) is 3.62. The van der Waals surface area contributed by atoms with E-state index in [0.717, 1.165) is 0 Å². The maximum Gasteiger partial charge on any atom is 0.468 e. The largest absolute Gasteiger partial charge is 0.468 e. The van der Waals surface area contributed by atoms with Crippen LogP contribution in [0.15, 0.2) is 22.6 Å². The maximum atomic E-state index is 12.5. The van der Waals surface area contributed by atoms with E-state index in [2.05, 4.69) is 20.0 Å². The lowest BCUT2D eigenvalue weighted by atomic mass is 10.2. The summed E-state index contributed by atoms with van der Waals surface area (Å²) in [5.74, 6) is -1.63. The molecule has 6 nitrogen and oxygen atoms in total. The Labute approximate surface area is 134 Å². The van der Waals surface area contributed by atoms with Gasteiger partial charge in [0.05, 0.1) is 13.2 Å². The summed E-state index contributed by atoms with van der Waals surface area (Å²) in [7, 11) is 0. The molecule has 0 aliphatic carbocycles. The minimum Gasteiger partial charge on any atom is -0.433 e. The highest BCUT2D eigenvalue weighted by Crippen LogP contribution is 2.31. The Balaban J connectivity index is 0.00000192. The first-order valence-electron chi connectivity index (χ1n) is 6.53. The Bertz CT molecular complexity index is 699. The number of morpholine rings is 1. The van der Waals surface area contributed by atoms with Crippen LogP contribution >= 0.6 is 12.4 Å². The van der Waals surface area contributed by atoms with E-state index < -0.39 is 18.1 Å². The van der Waals surface area contributed by atoms with E-state index in [1.807, 2.05) is 0 Å². The Morgan fingerprint density at radius 1 is 1.39 bits per heavy atom. The summed E-state index contributed by atoms with van der Waals surface area (Å²) >= 11 is 0. The van der Waals surface area contributed by atoms with Crippen molar-refractivity contribution >= 4 is 35.1 Å². The molecule has 1 unspecified atom stereocenters. The first-order chi connectivity index (χ1) is 10.4. The highest BCUT2D eigenvalue weighted by Gasteiger charge is 2.37. The van der Waals surface area contributed by atoms with Crippen LogP contribution < -0.4 is 10.6 Å². The van der Waals surface area contributed by atoms with E-state index in [4.69, 9.17) is 4.74 Å². The number of hydrogen-bond donors (Lipinski definition) is 2. The zero-order valence-corrected chi connectivity index (χ0v) is 12.5. The van der Waals surface area contributed by atoms with Crippen molar-refractivity contribution in [1.29, 1.82) is 0 Å². The molecule has 0 bridgehead atoms. The molecule has 10 heteroatoms. The van der Waals surface area contributed by atoms with Crippen molar-refractivity contribution in [2.75, 3.05) is 25.1 Å². The third kappa shape index (κ3) is 3.92. The van der Waals surface area contributed by atoms with Gasteiger partial charge in [-0.15, -0.1) is 12.4 Å². The van der Waals surface area contributed by atoms with Crippen molar-refractivity contribution in [1.82, 2.24) is 10.3 Å². The number of oxazole rings is 1. The first-order valence-corrected chi connectivity index (χ1v) is 6.53. The van der Waals surface area contributed by atoms with Gasteiger partial charge in [-0.05, 0) is 18.2 Å². The summed E-state index contributed by atoms with van der Waals surface area (Å²) in [5, 5.41) is 5.59. The molecular formula is C13H13ClF3N3O3. The smallest absolute Gasteiger partial charge is 0.433 e. The second kappa shape index (κ2) is 6.73. The number of benzene rings is 1. The van der Waals surface area contributed by atoms with Crippen LogP contribution in [0.4, 0.5) is 18.9 Å². The highest BCUT2D eigenvalue weighted by atomic mass is 35.5. The van der Waals surface area contributed by atoms with Gasteiger partial charge in [-0.2, -0.15) is 13.2 Å². The standard InChI is InChI=1S/C13H12F3N3O3.ClH/c14-13(15,16)12-19-8-5-7(1-2-10(8)22-12)18-11(20)9-6-21-4-3-17-9;/h1-2,5,9,17H,3-4,6H2,(H,18,20);1H. The van der Waals surface area contributed by atoms with E-state index in [9.17, 15) is 18.0 Å². The molecule has 3 rings (SSSR count). The third-order valence-electron chi connectivity index (χ3n) is 3.14. The topological polar surface area (TPSA) is 76.4 Å². The number of nitrogens with zero attached hydrogens (tertiary/aromatic N) is 1. The number of nitrogens with one attached hydrogen (secondary N) is 2. The molecule has 1 aliphatic heterocycles. The van der Waals surface area contributed by atoms with Crippen molar-refractivity contribution in [2.24, 2.45) is 0 Å². The van der Waals surface area contributed by atoms with E-state index in [0.29, 0.717) is 18.8 Å². The van der Waals surface area contributed by atoms with Crippen LogP contribution in [-0.2, 0) is 15.7 Å². The predicted molar refractivity (Wildman–Crippen MR) is 77.5 cm³/mol. The average molecular weight is 352 g/mol. The van der Waals surface area contributed by atoms with Crippen LogP contribution in [0.25, 0.3) is 11.1 Å². The molecule has 1 fully saturated rings. The second-order valence-corrected chi connectivity index (χ2v) is 4.77. The molecule has 1 aromatic heterocycles. The molecule has 0 saturated carbocycles. The van der Waals surface area contributed by atoms with Gasteiger partial charge in [0.1, 0.15) is 11.6 Å². The fraction of sp³-hybridized carbons (Fsp3) is 0.385. The summed E-state index contributed by atoms with van der Waals surface area (Å²) in [6.45, 7) is 1.35. The van der Waals surface area contributed by atoms with Crippen LogP contribution in [0, 0.1) is 0 Å². The summed E-state index contributed by atoms with van der Waals surface area (Å²) < 4.78 is 47.4. The van der Waals surface area contributed by atoms with Crippen molar-refractivity contribution < 1.29 is 27.1 Å². The molecule has 1 amide bonds. The molecule has 2 N–H and O–H groups in total. The first kappa shape index (κ1) is 17.5. The lowest BCUT2D eigenvalue weighted by molar-refractivity contribution is -0.156. The quantitative estimate of drug-likeness (QED) is 0.867. The van der Waals surface area contributed by atoms with Gasteiger partial charge in [0, 0.05) is 12.2 Å². The van der Waals surface area contributed by atoms with Gasteiger partial charge in [-0.25, -0.2) is 4.98 Å². The molecule has 1 aromatic carbocycles. The molecule has 1 aliphatic rings. The van der Waals surface area contributed by atoms with Crippen LogP contribution in [0.5, 0.6) is 0 Å². The van der Waals surface area contributed by atoms with Crippen molar-refractivity contribution in [2.45, 2.75) is 12.2 Å². The minimum absolute atomic E-state index is 0. The number of carbonyl (C=O) groups is 1. The number of amides is 1. The molecule has 2 heterocycles. The van der Waals surface area contributed by atoms with Crippen molar-refractivity contribution in [3.05, 3.63) is 24.1 Å². The Morgan fingerprint density at radius 3 is 2.83 bits per heavy atom. The molecule has 23 heavy (non-hydrogen) atoms. The normalized spacial score (nSPS) is 18.5. The van der Waals surface area contributed by atoms with Gasteiger partial charge in [-0.3, -0.25) is 4.79 Å². The third-order valence-corrected chi connectivity index (χ3v) is 3.14. The number of alkyl halides is 3. The van der Waals surface area contributed by atoms with Gasteiger partial charge in [0.15, 0.2) is 5.58 Å². The number of fused-ring (bicyclic) bond motifs is 1. The fourth-order valence-corrected chi connectivity index (χ4v) is 2.09. The molecule has 1 atom stereocenters. The molecule has 2 aromatic rings. The number of ether oxygens (including phenoxy) is 1. The molecule has 0 radical (unpaired) electrons. The van der Waals surface area contributed by atoms with Gasteiger partial charge in [0.25, 0.3) is 0 Å². The van der Waals surface area contributed by atoms with E-state index in [-0.39, 0.29) is 36.0 Å². The summed E-state index contributed by atoms with van der Waals surface area (Å²) in [4.78, 5) is 15.4. The maximum absolute atomic E-state index is 12.5. The van der Waals surface area contributed by atoms with Gasteiger partial charge >= 0.3 is 12.1 Å². The van der Waals surface area contributed by atoms with Crippen LogP contribution in [0.3, 0.4) is 0 Å². The average Bonchev–Trinajstić information content (AvgIpc) is 2.91. The lowest BCUT2D eigenvalue weighted by Crippen LogP contribution is -2.48. The predicted octanol–water partition coefficient (Wildman–Crippen LogP) is 2.20. The summed E-state index contributed by atoms with van der Waals surface area (Å²) in [6.07, 6.45) is -4.65.